The first kappa shape index (κ1) is 10.3. The summed E-state index contributed by atoms with van der Waals surface area (Å²) in [6, 6.07) is 0. The van der Waals surface area contributed by atoms with Gasteiger partial charge in [-0.05, 0) is 19.8 Å². The predicted molar refractivity (Wildman–Crippen MR) is 64.8 cm³/mol. The first-order valence-electron chi connectivity index (χ1n) is 6.61. The molecular weight excluding hydrogens is 198 g/mol. The quantitative estimate of drug-likeness (QED) is 0.802. The molecule has 0 spiro atoms. The minimum Gasteiger partial charge on any atom is -0.346 e. The summed E-state index contributed by atoms with van der Waals surface area (Å²) in [6.45, 7) is 4.38. The molecule has 1 aromatic heterocycles. The molecule has 1 saturated heterocycles. The number of imidazole rings is 1. The van der Waals surface area contributed by atoms with E-state index in [0.717, 1.165) is 19.0 Å². The van der Waals surface area contributed by atoms with Crippen LogP contribution in [-0.4, -0.2) is 23.1 Å². The lowest BCUT2D eigenvalue weighted by atomic mass is 9.86. The highest BCUT2D eigenvalue weighted by Gasteiger charge is 2.26. The SMILES string of the molecule is Cc1[nH]c(C2CNC2)nc1C1CCCCC1. The number of hydrogen-bond donors (Lipinski definition) is 2. The molecule has 1 aliphatic heterocycles. The molecule has 3 nitrogen and oxygen atoms in total. The lowest BCUT2D eigenvalue weighted by molar-refractivity contribution is 0.423. The Bertz CT molecular complexity index is 359. The molecule has 0 aromatic carbocycles. The minimum atomic E-state index is 0.635. The van der Waals surface area contributed by atoms with Gasteiger partial charge in [0.05, 0.1) is 5.69 Å². The average molecular weight is 219 g/mol. The molecule has 0 unspecified atom stereocenters. The third-order valence-corrected chi connectivity index (χ3v) is 4.10. The average Bonchev–Trinajstić information content (AvgIpc) is 2.59. The highest BCUT2D eigenvalue weighted by molar-refractivity contribution is 5.21. The summed E-state index contributed by atoms with van der Waals surface area (Å²) < 4.78 is 0. The Morgan fingerprint density at radius 3 is 2.44 bits per heavy atom. The van der Waals surface area contributed by atoms with Crippen molar-refractivity contribution in [2.75, 3.05) is 13.1 Å². The van der Waals surface area contributed by atoms with E-state index in [1.165, 1.54) is 49.3 Å². The minimum absolute atomic E-state index is 0.635. The molecule has 2 aliphatic rings. The van der Waals surface area contributed by atoms with Crippen LogP contribution in [0.5, 0.6) is 0 Å². The number of aryl methyl sites for hydroxylation is 1. The predicted octanol–water partition coefficient (Wildman–Crippen LogP) is 2.45. The Morgan fingerprint density at radius 1 is 1.06 bits per heavy atom. The van der Waals surface area contributed by atoms with Crippen LogP contribution in [-0.2, 0) is 0 Å². The van der Waals surface area contributed by atoms with Crippen molar-refractivity contribution in [2.24, 2.45) is 0 Å². The molecule has 3 heteroatoms. The lowest BCUT2D eigenvalue weighted by Crippen LogP contribution is -2.40. The number of aromatic amines is 1. The Morgan fingerprint density at radius 2 is 1.81 bits per heavy atom. The zero-order chi connectivity index (χ0) is 11.0. The van der Waals surface area contributed by atoms with Gasteiger partial charge in [-0.2, -0.15) is 0 Å². The first-order chi connectivity index (χ1) is 7.84. The van der Waals surface area contributed by atoms with Gasteiger partial charge in [-0.25, -0.2) is 4.98 Å². The van der Waals surface area contributed by atoms with E-state index in [4.69, 9.17) is 4.98 Å². The van der Waals surface area contributed by atoms with Crippen LogP contribution in [0.2, 0.25) is 0 Å². The highest BCUT2D eigenvalue weighted by atomic mass is 15.0. The Balaban J connectivity index is 1.79. The van der Waals surface area contributed by atoms with Gasteiger partial charge in [0, 0.05) is 30.6 Å². The fourth-order valence-corrected chi connectivity index (χ4v) is 2.95. The zero-order valence-corrected chi connectivity index (χ0v) is 10.1. The summed E-state index contributed by atoms with van der Waals surface area (Å²) in [5.41, 5.74) is 2.68. The van der Waals surface area contributed by atoms with Crippen molar-refractivity contribution < 1.29 is 0 Å². The standard InChI is InChI=1S/C13H21N3/c1-9-12(10-5-3-2-4-6-10)16-13(15-9)11-7-14-8-11/h10-11,14H,2-8H2,1H3,(H,15,16). The molecule has 1 aliphatic carbocycles. The van der Waals surface area contributed by atoms with E-state index in [2.05, 4.69) is 17.2 Å². The van der Waals surface area contributed by atoms with Crippen LogP contribution in [0.15, 0.2) is 0 Å². The van der Waals surface area contributed by atoms with E-state index >= 15 is 0 Å². The number of H-pyrrole nitrogens is 1. The second kappa shape index (κ2) is 4.21. The van der Waals surface area contributed by atoms with Gasteiger partial charge in [-0.1, -0.05) is 19.3 Å². The number of hydrogen-bond acceptors (Lipinski definition) is 2. The van der Waals surface area contributed by atoms with Crippen LogP contribution in [0.4, 0.5) is 0 Å². The van der Waals surface area contributed by atoms with Crippen LogP contribution in [0.1, 0.15) is 61.2 Å². The van der Waals surface area contributed by atoms with E-state index < -0.39 is 0 Å². The monoisotopic (exact) mass is 219 g/mol. The maximum atomic E-state index is 4.86. The first-order valence-corrected chi connectivity index (χ1v) is 6.61. The van der Waals surface area contributed by atoms with Crippen LogP contribution < -0.4 is 5.32 Å². The van der Waals surface area contributed by atoms with Crippen LogP contribution in [0, 0.1) is 6.92 Å². The molecule has 1 saturated carbocycles. The van der Waals surface area contributed by atoms with Gasteiger partial charge in [-0.15, -0.1) is 0 Å². The third-order valence-electron chi connectivity index (χ3n) is 4.10. The summed E-state index contributed by atoms with van der Waals surface area (Å²) in [4.78, 5) is 8.35. The van der Waals surface area contributed by atoms with Gasteiger partial charge < -0.3 is 10.3 Å². The fraction of sp³-hybridized carbons (Fsp3) is 0.769. The van der Waals surface area contributed by atoms with Crippen LogP contribution >= 0.6 is 0 Å². The normalized spacial score (nSPS) is 23.3. The largest absolute Gasteiger partial charge is 0.346 e. The van der Waals surface area contributed by atoms with Crippen LogP contribution in [0.25, 0.3) is 0 Å². The Hall–Kier alpha value is -0.830. The van der Waals surface area contributed by atoms with Crippen molar-refractivity contribution in [1.82, 2.24) is 15.3 Å². The molecule has 0 radical (unpaired) electrons. The molecule has 1 aromatic rings. The van der Waals surface area contributed by atoms with Crippen molar-refractivity contribution in [3.63, 3.8) is 0 Å². The van der Waals surface area contributed by atoms with Gasteiger partial charge in [0.25, 0.3) is 0 Å². The van der Waals surface area contributed by atoms with Crippen LogP contribution in [0.3, 0.4) is 0 Å². The van der Waals surface area contributed by atoms with Gasteiger partial charge in [-0.3, -0.25) is 0 Å². The van der Waals surface area contributed by atoms with Gasteiger partial charge in [0.2, 0.25) is 0 Å². The second-order valence-corrected chi connectivity index (χ2v) is 5.32. The molecule has 88 valence electrons. The maximum absolute atomic E-state index is 4.86. The third kappa shape index (κ3) is 1.77. The topological polar surface area (TPSA) is 40.7 Å². The Labute approximate surface area is 97.0 Å². The number of aromatic nitrogens is 2. The van der Waals surface area contributed by atoms with E-state index in [9.17, 15) is 0 Å². The molecule has 2 heterocycles. The maximum Gasteiger partial charge on any atom is 0.112 e. The van der Waals surface area contributed by atoms with E-state index in [0.29, 0.717) is 5.92 Å². The van der Waals surface area contributed by atoms with Crippen molar-refractivity contribution in [1.29, 1.82) is 0 Å². The number of rotatable bonds is 2. The molecule has 0 atom stereocenters. The van der Waals surface area contributed by atoms with Crippen molar-refractivity contribution in [2.45, 2.75) is 50.9 Å². The van der Waals surface area contributed by atoms with Gasteiger partial charge >= 0.3 is 0 Å². The van der Waals surface area contributed by atoms with E-state index in [-0.39, 0.29) is 0 Å². The molecule has 3 rings (SSSR count). The van der Waals surface area contributed by atoms with E-state index in [1.807, 2.05) is 0 Å². The van der Waals surface area contributed by atoms with Crippen molar-refractivity contribution in [3.05, 3.63) is 17.2 Å². The Kier molecular flexibility index (Phi) is 2.72. The summed E-state index contributed by atoms with van der Waals surface area (Å²) in [5, 5.41) is 3.31. The second-order valence-electron chi connectivity index (χ2n) is 5.32. The number of nitrogens with one attached hydrogen (secondary N) is 2. The smallest absolute Gasteiger partial charge is 0.112 e. The van der Waals surface area contributed by atoms with Gasteiger partial charge in [0.1, 0.15) is 5.82 Å². The molecule has 2 N–H and O–H groups in total. The van der Waals surface area contributed by atoms with Gasteiger partial charge in [0.15, 0.2) is 0 Å². The fourth-order valence-electron chi connectivity index (χ4n) is 2.95. The molecular formula is C13H21N3. The van der Waals surface area contributed by atoms with Crippen molar-refractivity contribution >= 4 is 0 Å². The zero-order valence-electron chi connectivity index (χ0n) is 10.1. The summed E-state index contributed by atoms with van der Waals surface area (Å²) >= 11 is 0. The molecule has 2 fully saturated rings. The van der Waals surface area contributed by atoms with Crippen molar-refractivity contribution in [3.8, 4) is 0 Å². The highest BCUT2D eigenvalue weighted by Crippen LogP contribution is 2.34. The summed E-state index contributed by atoms with van der Waals surface area (Å²) in [6.07, 6.45) is 6.87. The summed E-state index contributed by atoms with van der Waals surface area (Å²) in [7, 11) is 0. The number of nitrogens with zero attached hydrogens (tertiary/aromatic N) is 1. The molecule has 16 heavy (non-hydrogen) atoms. The lowest BCUT2D eigenvalue weighted by Gasteiger charge is -2.25. The van der Waals surface area contributed by atoms with E-state index in [1.54, 1.807) is 0 Å². The molecule has 0 bridgehead atoms. The summed E-state index contributed by atoms with van der Waals surface area (Å²) in [5.74, 6) is 2.58. The molecule has 0 amide bonds.